The number of unbranched alkanes of at least 4 members (excludes halogenated alkanes) is 2. The third-order valence-corrected chi connectivity index (χ3v) is 6.64. The van der Waals surface area contributed by atoms with Crippen molar-refractivity contribution in [3.63, 3.8) is 0 Å². The summed E-state index contributed by atoms with van der Waals surface area (Å²) in [5, 5.41) is 3.40. The van der Waals surface area contributed by atoms with E-state index in [1.165, 1.54) is 18.4 Å². The minimum Gasteiger partial charge on any atom is -0.485 e. The lowest BCUT2D eigenvalue weighted by Crippen LogP contribution is -2.72. The Morgan fingerprint density at radius 2 is 1.96 bits per heavy atom. The predicted molar refractivity (Wildman–Crippen MR) is 107 cm³/mol. The average molecular weight is 357 g/mol. The fraction of sp³-hybridized carbons (Fsp3) is 0.636. The van der Waals surface area contributed by atoms with Gasteiger partial charge in [0.2, 0.25) is 0 Å². The molecule has 0 spiro atoms. The van der Waals surface area contributed by atoms with Crippen LogP contribution in [0.1, 0.15) is 77.8 Å². The predicted octanol–water partition coefficient (Wildman–Crippen LogP) is 5.68. The van der Waals surface area contributed by atoms with Gasteiger partial charge in [0.25, 0.3) is 0 Å². The smallest absolute Gasteiger partial charge is 0.126 e. The largest absolute Gasteiger partial charge is 0.485 e. The first kappa shape index (κ1) is 19.1. The lowest BCUT2D eigenvalue weighted by molar-refractivity contribution is -0.0361. The SMILES string of the molecule is CCCCCc1cc(N=O)c2c(c1)OC(C)(C)C1(N)CCC(C)=CC21C. The van der Waals surface area contributed by atoms with Crippen molar-refractivity contribution in [2.24, 2.45) is 10.9 Å². The molecule has 0 aromatic heterocycles. The summed E-state index contributed by atoms with van der Waals surface area (Å²) < 4.78 is 6.43. The Bertz CT molecular complexity index is 753. The van der Waals surface area contributed by atoms with Crippen molar-refractivity contribution < 1.29 is 4.74 Å². The van der Waals surface area contributed by atoms with Gasteiger partial charge in [-0.2, -0.15) is 0 Å². The molecule has 2 unspecified atom stereocenters. The second kappa shape index (κ2) is 6.49. The zero-order valence-corrected chi connectivity index (χ0v) is 16.8. The van der Waals surface area contributed by atoms with Gasteiger partial charge in [0.15, 0.2) is 0 Å². The lowest BCUT2D eigenvalue weighted by atomic mass is 9.53. The van der Waals surface area contributed by atoms with Crippen molar-refractivity contribution >= 4 is 5.69 Å². The Morgan fingerprint density at radius 3 is 2.62 bits per heavy atom. The Hall–Kier alpha value is -1.68. The summed E-state index contributed by atoms with van der Waals surface area (Å²) in [5.41, 5.74) is 9.16. The summed E-state index contributed by atoms with van der Waals surface area (Å²) in [6, 6.07) is 4.04. The van der Waals surface area contributed by atoms with E-state index in [-0.39, 0.29) is 0 Å². The van der Waals surface area contributed by atoms with Crippen molar-refractivity contribution in [3.05, 3.63) is 39.8 Å². The molecule has 2 aliphatic rings. The highest BCUT2D eigenvalue weighted by molar-refractivity contribution is 5.65. The molecule has 142 valence electrons. The van der Waals surface area contributed by atoms with Gasteiger partial charge in [0, 0.05) is 11.0 Å². The number of rotatable bonds is 5. The van der Waals surface area contributed by atoms with Crippen molar-refractivity contribution in [1.29, 1.82) is 0 Å². The van der Waals surface area contributed by atoms with Gasteiger partial charge >= 0.3 is 0 Å². The highest BCUT2D eigenvalue weighted by Crippen LogP contribution is 2.58. The maximum atomic E-state index is 11.8. The third-order valence-electron chi connectivity index (χ3n) is 6.64. The number of fused-ring (bicyclic) bond motifs is 3. The van der Waals surface area contributed by atoms with Crippen LogP contribution in [0.2, 0.25) is 0 Å². The lowest BCUT2D eigenvalue weighted by Gasteiger charge is -2.59. The fourth-order valence-electron chi connectivity index (χ4n) is 4.99. The van der Waals surface area contributed by atoms with Gasteiger partial charge in [-0.3, -0.25) is 0 Å². The number of nitrogens with zero attached hydrogens (tertiary/aromatic N) is 1. The third kappa shape index (κ3) is 2.70. The number of benzene rings is 1. The van der Waals surface area contributed by atoms with Crippen molar-refractivity contribution in [3.8, 4) is 5.75 Å². The second-order valence-corrected chi connectivity index (χ2v) is 8.81. The fourth-order valence-corrected chi connectivity index (χ4v) is 4.99. The molecule has 1 aliphatic carbocycles. The number of nitroso groups, excluding NO2 is 1. The van der Waals surface area contributed by atoms with E-state index < -0.39 is 16.6 Å². The minimum absolute atomic E-state index is 0.475. The molecule has 0 amide bonds. The molecule has 0 radical (unpaired) electrons. The summed E-state index contributed by atoms with van der Waals surface area (Å²) in [4.78, 5) is 11.8. The molecule has 2 atom stereocenters. The van der Waals surface area contributed by atoms with Crippen molar-refractivity contribution in [2.45, 2.75) is 89.7 Å². The topological polar surface area (TPSA) is 64.7 Å². The molecular weight excluding hydrogens is 324 g/mol. The summed E-state index contributed by atoms with van der Waals surface area (Å²) >= 11 is 0. The van der Waals surface area contributed by atoms with Crippen LogP contribution in [0.4, 0.5) is 5.69 Å². The number of ether oxygens (including phenoxy) is 1. The van der Waals surface area contributed by atoms with Gasteiger partial charge in [-0.25, -0.2) is 0 Å². The molecule has 4 nitrogen and oxygen atoms in total. The molecule has 0 fully saturated rings. The van der Waals surface area contributed by atoms with Gasteiger partial charge < -0.3 is 10.5 Å². The quantitative estimate of drug-likeness (QED) is 0.419. The standard InChI is InChI=1S/C22H32N2O2/c1-6-7-8-9-16-12-17(24-25)19-18(13-16)26-20(3,4)22(23)11-10-15(2)14-21(19,22)5/h12-14H,6-11,23H2,1-5H3. The van der Waals surface area contributed by atoms with Gasteiger partial charge in [0.05, 0.1) is 5.54 Å². The Morgan fingerprint density at radius 1 is 1.23 bits per heavy atom. The van der Waals surface area contributed by atoms with Crippen molar-refractivity contribution in [2.75, 3.05) is 0 Å². The monoisotopic (exact) mass is 356 g/mol. The van der Waals surface area contributed by atoms with Crippen LogP contribution in [0.25, 0.3) is 0 Å². The van der Waals surface area contributed by atoms with E-state index >= 15 is 0 Å². The Kier molecular flexibility index (Phi) is 4.76. The van der Waals surface area contributed by atoms with Gasteiger partial charge in [-0.05, 0) is 76.3 Å². The summed E-state index contributed by atoms with van der Waals surface area (Å²) in [7, 11) is 0. The summed E-state index contributed by atoms with van der Waals surface area (Å²) in [5.74, 6) is 0.771. The van der Waals surface area contributed by atoms with Crippen LogP contribution in [0.5, 0.6) is 5.75 Å². The summed E-state index contributed by atoms with van der Waals surface area (Å²) in [6.07, 6.45) is 8.41. The first-order chi connectivity index (χ1) is 12.2. The molecular formula is C22H32N2O2. The maximum Gasteiger partial charge on any atom is 0.126 e. The highest BCUT2D eigenvalue weighted by Gasteiger charge is 2.61. The number of hydrogen-bond acceptors (Lipinski definition) is 4. The van der Waals surface area contributed by atoms with Crippen LogP contribution in [0.3, 0.4) is 0 Å². The van der Waals surface area contributed by atoms with E-state index in [9.17, 15) is 4.91 Å². The Labute approximate surface area is 157 Å². The minimum atomic E-state index is -0.588. The van der Waals surface area contributed by atoms with E-state index in [0.717, 1.165) is 42.6 Å². The molecule has 1 aromatic carbocycles. The van der Waals surface area contributed by atoms with Gasteiger partial charge in [-0.15, -0.1) is 4.91 Å². The molecule has 0 saturated carbocycles. The molecule has 1 heterocycles. The van der Waals surface area contributed by atoms with Crippen LogP contribution >= 0.6 is 0 Å². The number of allylic oxidation sites excluding steroid dienone is 1. The first-order valence-electron chi connectivity index (χ1n) is 9.85. The highest BCUT2D eigenvalue weighted by atomic mass is 16.5. The molecule has 2 N–H and O–H groups in total. The van der Waals surface area contributed by atoms with E-state index in [0.29, 0.717) is 5.69 Å². The van der Waals surface area contributed by atoms with Crippen LogP contribution in [0, 0.1) is 4.91 Å². The zero-order chi connectivity index (χ0) is 19.2. The Balaban J connectivity index is 2.19. The number of aryl methyl sites for hydroxylation is 1. The van der Waals surface area contributed by atoms with Crippen LogP contribution in [0.15, 0.2) is 29.0 Å². The molecule has 3 rings (SSSR count). The van der Waals surface area contributed by atoms with Crippen LogP contribution in [-0.2, 0) is 11.8 Å². The average Bonchev–Trinajstić information content (AvgIpc) is 2.56. The molecule has 0 bridgehead atoms. The molecule has 0 saturated heterocycles. The van der Waals surface area contributed by atoms with Gasteiger partial charge in [-0.1, -0.05) is 31.4 Å². The van der Waals surface area contributed by atoms with Gasteiger partial charge in [0.1, 0.15) is 17.0 Å². The maximum absolute atomic E-state index is 11.8. The van der Waals surface area contributed by atoms with E-state index in [1.807, 2.05) is 6.07 Å². The number of hydrogen-bond donors (Lipinski definition) is 1. The van der Waals surface area contributed by atoms with Crippen LogP contribution < -0.4 is 10.5 Å². The van der Waals surface area contributed by atoms with Crippen LogP contribution in [-0.4, -0.2) is 11.1 Å². The molecule has 1 aliphatic heterocycles. The second-order valence-electron chi connectivity index (χ2n) is 8.81. The van der Waals surface area contributed by atoms with E-state index in [4.69, 9.17) is 10.5 Å². The summed E-state index contributed by atoms with van der Waals surface area (Å²) in [6.45, 7) is 10.6. The molecule has 26 heavy (non-hydrogen) atoms. The van der Waals surface area contributed by atoms with Crippen molar-refractivity contribution in [1.82, 2.24) is 0 Å². The van der Waals surface area contributed by atoms with E-state index in [2.05, 4.69) is 51.9 Å². The normalized spacial score (nSPS) is 29.2. The van der Waals surface area contributed by atoms with E-state index in [1.54, 1.807) is 0 Å². The zero-order valence-electron chi connectivity index (χ0n) is 16.8. The molecule has 1 aromatic rings. The number of nitrogens with two attached hydrogens (primary N) is 1. The molecule has 4 heteroatoms. The first-order valence-corrected chi connectivity index (χ1v) is 9.85.